The Morgan fingerprint density at radius 3 is 2.28 bits per heavy atom. The van der Waals surface area contributed by atoms with Crippen LogP contribution in [0, 0.1) is 11.3 Å². The maximum Gasteiger partial charge on any atom is 0.317 e. The molecule has 5 N–H and O–H groups in total. The van der Waals surface area contributed by atoms with Crippen molar-refractivity contribution in [3.8, 4) is 11.8 Å². The zero-order valence-corrected chi connectivity index (χ0v) is 32.3. The monoisotopic (exact) mass is 816 g/mol. The summed E-state index contributed by atoms with van der Waals surface area (Å²) in [6.07, 6.45) is 3.45. The van der Waals surface area contributed by atoms with Crippen LogP contribution in [0.5, 0.6) is 5.75 Å². The summed E-state index contributed by atoms with van der Waals surface area (Å²) in [5.74, 6) is -7.49. The fourth-order valence-corrected chi connectivity index (χ4v) is 7.37. The van der Waals surface area contributed by atoms with Crippen LogP contribution < -0.4 is 15.4 Å². The van der Waals surface area contributed by atoms with Gasteiger partial charge in [-0.1, -0.05) is 6.42 Å². The van der Waals surface area contributed by atoms with Crippen molar-refractivity contribution in [2.75, 3.05) is 79.1 Å². The highest BCUT2D eigenvalue weighted by atomic mass is 19.3. The molecular weight excluding hydrogens is 766 g/mol. The number of ether oxygens (including phenoxy) is 1. The van der Waals surface area contributed by atoms with Crippen molar-refractivity contribution in [1.82, 2.24) is 35.2 Å². The molecule has 0 unspecified atom stereocenters. The topological polar surface area (TPSA) is 246 Å². The standard InChI is InChI=1S/C38H50F2N8O10/c1-45(20-33(51)52)37(23-46(21-34(53)54)13-14-47(24-37)22-35(55)56)10-3-2-6-31(49)43-11-4-5-15-58-27-7-8-30-29(16-27)28(9-12-42-30)36(57)44-19-32(50)48-25-38(39,40)17-26(48)18-41/h7-9,12,16,26H,2-6,10-11,13-15,17,19-25H2,1H3,(H,43,49)(H,44,57)(H,51,52)(H,53,54)(H,55,56)/t26-/m0/s1. The maximum atomic E-state index is 13.8. The highest BCUT2D eigenvalue weighted by Gasteiger charge is 2.47. The average Bonchev–Trinajstić information content (AvgIpc) is 3.38. The van der Waals surface area contributed by atoms with Crippen molar-refractivity contribution in [3.05, 3.63) is 36.0 Å². The lowest BCUT2D eigenvalue weighted by molar-refractivity contribution is -0.142. The highest BCUT2D eigenvalue weighted by Crippen LogP contribution is 2.32. The van der Waals surface area contributed by atoms with Crippen LogP contribution in [0.1, 0.15) is 55.3 Å². The molecule has 2 aliphatic heterocycles. The minimum atomic E-state index is -3.17. The number of likely N-dealkylation sites (tertiary alicyclic amines) is 1. The fraction of sp³-hybridized carbons (Fsp3) is 0.579. The third-order valence-corrected chi connectivity index (χ3v) is 10.2. The molecule has 3 amide bonds. The minimum absolute atomic E-state index is 0.174. The average molecular weight is 817 g/mol. The number of nitriles is 1. The molecule has 1 aromatic heterocycles. The number of alkyl halides is 2. The molecule has 20 heteroatoms. The smallest absolute Gasteiger partial charge is 0.317 e. The van der Waals surface area contributed by atoms with Gasteiger partial charge in [0.1, 0.15) is 11.8 Å². The molecule has 18 nitrogen and oxygen atoms in total. The summed E-state index contributed by atoms with van der Waals surface area (Å²) in [5, 5.41) is 43.4. The third-order valence-electron chi connectivity index (χ3n) is 10.2. The van der Waals surface area contributed by atoms with E-state index in [1.807, 2.05) is 0 Å². The predicted octanol–water partition coefficient (Wildman–Crippen LogP) is 1.10. The lowest BCUT2D eigenvalue weighted by Crippen LogP contribution is -2.59. The second-order valence-corrected chi connectivity index (χ2v) is 14.7. The number of halogens is 2. The Labute approximate surface area is 333 Å². The van der Waals surface area contributed by atoms with E-state index in [0.717, 1.165) is 4.90 Å². The van der Waals surface area contributed by atoms with E-state index < -0.39 is 66.7 Å². The van der Waals surface area contributed by atoms with Gasteiger partial charge in [-0.15, -0.1) is 0 Å². The van der Waals surface area contributed by atoms with Crippen LogP contribution in [0.4, 0.5) is 8.78 Å². The van der Waals surface area contributed by atoms with Gasteiger partial charge >= 0.3 is 17.9 Å². The van der Waals surface area contributed by atoms with Crippen molar-refractivity contribution in [3.63, 3.8) is 0 Å². The Bertz CT molecular complexity index is 1830. The summed E-state index contributed by atoms with van der Waals surface area (Å²) in [5.41, 5.74) is -0.199. The maximum absolute atomic E-state index is 13.8. The second-order valence-electron chi connectivity index (χ2n) is 14.7. The Kier molecular flexibility index (Phi) is 16.2. The molecule has 1 atom stereocenters. The highest BCUT2D eigenvalue weighted by molar-refractivity contribution is 6.07. The minimum Gasteiger partial charge on any atom is -0.494 e. The quantitative estimate of drug-likeness (QED) is 0.111. The molecule has 0 bridgehead atoms. The molecule has 0 spiro atoms. The number of aliphatic carboxylic acids is 3. The fourth-order valence-electron chi connectivity index (χ4n) is 7.37. The molecule has 0 radical (unpaired) electrons. The van der Waals surface area contributed by atoms with Crippen LogP contribution in [0.15, 0.2) is 30.5 Å². The molecule has 2 fully saturated rings. The zero-order valence-electron chi connectivity index (χ0n) is 32.3. The van der Waals surface area contributed by atoms with Gasteiger partial charge in [0.15, 0.2) is 0 Å². The van der Waals surface area contributed by atoms with E-state index >= 15 is 0 Å². The number of pyridine rings is 1. The first-order valence-corrected chi connectivity index (χ1v) is 19.0. The van der Waals surface area contributed by atoms with Crippen molar-refractivity contribution in [2.24, 2.45) is 0 Å². The number of likely N-dealkylation sites (N-methyl/N-ethyl adjacent to an activating group) is 1. The molecule has 58 heavy (non-hydrogen) atoms. The number of rotatable bonds is 21. The molecule has 0 aliphatic carbocycles. The number of nitrogens with zero attached hydrogens (tertiary/aromatic N) is 6. The van der Waals surface area contributed by atoms with E-state index in [2.05, 4.69) is 15.6 Å². The lowest BCUT2D eigenvalue weighted by atomic mass is 9.88. The molecule has 2 saturated heterocycles. The number of carboxylic acids is 3. The summed E-state index contributed by atoms with van der Waals surface area (Å²) in [7, 11) is 1.63. The van der Waals surface area contributed by atoms with E-state index in [1.165, 1.54) is 12.3 Å². The van der Waals surface area contributed by atoms with Crippen LogP contribution in [0.2, 0.25) is 0 Å². The van der Waals surface area contributed by atoms with E-state index in [-0.39, 0.29) is 50.6 Å². The van der Waals surface area contributed by atoms with Gasteiger partial charge in [0.25, 0.3) is 11.8 Å². The summed E-state index contributed by atoms with van der Waals surface area (Å²) in [6, 6.07) is 6.85. The second kappa shape index (κ2) is 20.8. The molecule has 1 aromatic carbocycles. The first-order valence-electron chi connectivity index (χ1n) is 19.0. The summed E-state index contributed by atoms with van der Waals surface area (Å²) < 4.78 is 33.4. The molecule has 3 heterocycles. The number of aromatic nitrogens is 1. The van der Waals surface area contributed by atoms with Crippen LogP contribution >= 0.6 is 0 Å². The Morgan fingerprint density at radius 2 is 1.64 bits per heavy atom. The number of carbonyl (C=O) groups is 6. The van der Waals surface area contributed by atoms with Gasteiger partial charge in [-0.25, -0.2) is 8.78 Å². The van der Waals surface area contributed by atoms with Crippen LogP contribution in [0.25, 0.3) is 10.9 Å². The first kappa shape index (κ1) is 45.2. The number of benzene rings is 1. The number of hydrogen-bond acceptors (Lipinski definition) is 12. The van der Waals surface area contributed by atoms with Gasteiger partial charge in [0.2, 0.25) is 11.8 Å². The molecule has 2 aromatic rings. The third kappa shape index (κ3) is 13.3. The number of hydrogen-bond donors (Lipinski definition) is 5. The van der Waals surface area contributed by atoms with Gasteiger partial charge in [-0.2, -0.15) is 5.26 Å². The van der Waals surface area contributed by atoms with Gasteiger partial charge in [-0.3, -0.25) is 48.5 Å². The SMILES string of the molecule is CN(CC(=O)O)C1(CCCCC(=O)NCCCCOc2ccc3nccc(C(=O)NCC(=O)N4CC(F)(F)C[C@H]4C#N)c3c2)CN(CC(=O)O)CCN(CC(=O)O)C1. The lowest BCUT2D eigenvalue weighted by Gasteiger charge is -2.44. The normalized spacial score (nSPS) is 18.0. The van der Waals surface area contributed by atoms with Gasteiger partial charge in [-0.05, 0) is 57.0 Å². The Balaban J connectivity index is 1.22. The summed E-state index contributed by atoms with van der Waals surface area (Å²) >= 11 is 0. The van der Waals surface area contributed by atoms with Crippen molar-refractivity contribution < 1.29 is 57.6 Å². The molecular formula is C38H50F2N8O10. The first-order chi connectivity index (χ1) is 27.5. The zero-order chi connectivity index (χ0) is 42.5. The van der Waals surface area contributed by atoms with Crippen molar-refractivity contribution in [1.29, 1.82) is 5.26 Å². The van der Waals surface area contributed by atoms with Gasteiger partial charge < -0.3 is 35.6 Å². The summed E-state index contributed by atoms with van der Waals surface area (Å²) in [4.78, 5) is 83.1. The molecule has 2 aliphatic rings. The number of amides is 3. The van der Waals surface area contributed by atoms with E-state index in [1.54, 1.807) is 46.0 Å². The van der Waals surface area contributed by atoms with Crippen LogP contribution in [-0.4, -0.2) is 172 Å². The van der Waals surface area contributed by atoms with E-state index in [0.29, 0.717) is 75.0 Å². The van der Waals surface area contributed by atoms with E-state index in [4.69, 9.17) is 10.00 Å². The number of fused-ring (bicyclic) bond motifs is 1. The molecule has 0 saturated carbocycles. The molecule has 4 rings (SSSR count). The Hall–Kier alpha value is -5.52. The van der Waals surface area contributed by atoms with E-state index in [9.17, 15) is 52.9 Å². The van der Waals surface area contributed by atoms with Crippen LogP contribution in [0.3, 0.4) is 0 Å². The van der Waals surface area contributed by atoms with Crippen molar-refractivity contribution in [2.45, 2.75) is 62.4 Å². The van der Waals surface area contributed by atoms with Crippen LogP contribution in [-0.2, 0) is 24.0 Å². The van der Waals surface area contributed by atoms with Crippen molar-refractivity contribution >= 4 is 46.5 Å². The predicted molar refractivity (Wildman–Crippen MR) is 202 cm³/mol. The van der Waals surface area contributed by atoms with Gasteiger partial charge in [0.05, 0.1) is 56.5 Å². The van der Waals surface area contributed by atoms with Gasteiger partial charge in [0, 0.05) is 62.7 Å². The number of nitrogens with one attached hydrogen (secondary N) is 2. The summed E-state index contributed by atoms with van der Waals surface area (Å²) in [6.45, 7) is -0.598. The number of carboxylic acid groups (broad SMARTS) is 3. The largest absolute Gasteiger partial charge is 0.494 e. The Morgan fingerprint density at radius 1 is 0.948 bits per heavy atom. The molecule has 316 valence electrons. The number of carbonyl (C=O) groups excluding carboxylic acids is 3. The number of unbranched alkanes of at least 4 members (excludes halogenated alkanes) is 2.